The fourth-order valence-corrected chi connectivity index (χ4v) is 5.48. The first-order chi connectivity index (χ1) is 11.5. The Morgan fingerprint density at radius 3 is 2.29 bits per heavy atom. The minimum Gasteiger partial charge on any atom is -0.322 e. The lowest BCUT2D eigenvalue weighted by molar-refractivity contribution is 0.184. The van der Waals surface area contributed by atoms with E-state index in [2.05, 4.69) is 5.32 Å². The summed E-state index contributed by atoms with van der Waals surface area (Å²) in [6.07, 6.45) is 0. The van der Waals surface area contributed by atoms with E-state index in [9.17, 15) is 13.2 Å². The highest BCUT2D eigenvalue weighted by atomic mass is 35.5. The SMILES string of the molecule is O=C(Nc1ccccc1)N1CCN(S(=O)(=O)c2ccc(Cl)s2)CC1. The first kappa shape index (κ1) is 17.2. The lowest BCUT2D eigenvalue weighted by Crippen LogP contribution is -2.51. The van der Waals surface area contributed by atoms with E-state index >= 15 is 0 Å². The van der Waals surface area contributed by atoms with Gasteiger partial charge in [-0.15, -0.1) is 11.3 Å². The van der Waals surface area contributed by atoms with Crippen LogP contribution in [0.1, 0.15) is 0 Å². The third-order valence-corrected chi connectivity index (χ3v) is 7.29. The average molecular weight is 386 g/mol. The largest absolute Gasteiger partial charge is 0.322 e. The molecule has 2 heterocycles. The van der Waals surface area contributed by atoms with Gasteiger partial charge in [-0.05, 0) is 24.3 Å². The van der Waals surface area contributed by atoms with Crippen LogP contribution >= 0.6 is 22.9 Å². The van der Waals surface area contributed by atoms with Gasteiger partial charge < -0.3 is 10.2 Å². The van der Waals surface area contributed by atoms with Crippen molar-refractivity contribution in [2.75, 3.05) is 31.5 Å². The number of carbonyl (C=O) groups excluding carboxylic acids is 1. The number of anilines is 1. The third-order valence-electron chi connectivity index (χ3n) is 3.69. The van der Waals surface area contributed by atoms with E-state index in [4.69, 9.17) is 11.6 Å². The summed E-state index contributed by atoms with van der Waals surface area (Å²) in [6, 6.07) is 12.0. The second-order valence-electron chi connectivity index (χ2n) is 5.25. The molecule has 3 rings (SSSR count). The van der Waals surface area contributed by atoms with Crippen LogP contribution in [0.5, 0.6) is 0 Å². The lowest BCUT2D eigenvalue weighted by atomic mass is 10.3. The van der Waals surface area contributed by atoms with Crippen LogP contribution in [0.15, 0.2) is 46.7 Å². The van der Waals surface area contributed by atoms with Crippen molar-refractivity contribution >= 4 is 44.7 Å². The number of amides is 2. The number of benzene rings is 1. The van der Waals surface area contributed by atoms with Gasteiger partial charge in [0.05, 0.1) is 4.34 Å². The molecule has 0 atom stereocenters. The molecule has 6 nitrogen and oxygen atoms in total. The van der Waals surface area contributed by atoms with Gasteiger partial charge in [0.25, 0.3) is 10.0 Å². The van der Waals surface area contributed by atoms with Crippen LogP contribution < -0.4 is 5.32 Å². The van der Waals surface area contributed by atoms with Crippen molar-refractivity contribution in [2.24, 2.45) is 0 Å². The van der Waals surface area contributed by atoms with Crippen molar-refractivity contribution in [1.29, 1.82) is 0 Å². The van der Waals surface area contributed by atoms with Gasteiger partial charge in [-0.2, -0.15) is 4.31 Å². The molecular formula is C15H16ClN3O3S2. The van der Waals surface area contributed by atoms with Gasteiger partial charge in [0, 0.05) is 31.9 Å². The number of carbonyl (C=O) groups is 1. The quantitative estimate of drug-likeness (QED) is 0.883. The third kappa shape index (κ3) is 3.72. The molecule has 2 aromatic rings. The van der Waals surface area contributed by atoms with Gasteiger partial charge in [-0.25, -0.2) is 13.2 Å². The van der Waals surface area contributed by atoms with Crippen LogP contribution in [0.4, 0.5) is 10.5 Å². The number of nitrogens with zero attached hydrogens (tertiary/aromatic N) is 2. The summed E-state index contributed by atoms with van der Waals surface area (Å²) in [5, 5.41) is 2.80. The van der Waals surface area contributed by atoms with Crippen LogP contribution in [-0.2, 0) is 10.0 Å². The minimum absolute atomic E-state index is 0.225. The van der Waals surface area contributed by atoms with Gasteiger partial charge in [-0.1, -0.05) is 29.8 Å². The molecule has 1 aromatic heterocycles. The molecule has 1 aromatic carbocycles. The topological polar surface area (TPSA) is 69.7 Å². The highest BCUT2D eigenvalue weighted by Crippen LogP contribution is 2.28. The molecule has 9 heteroatoms. The number of piperazine rings is 1. The van der Waals surface area contributed by atoms with E-state index in [1.54, 1.807) is 23.1 Å². The number of para-hydroxylation sites is 1. The number of halogens is 1. The number of urea groups is 1. The Hall–Kier alpha value is -1.61. The van der Waals surface area contributed by atoms with E-state index in [-0.39, 0.29) is 23.3 Å². The predicted molar refractivity (Wildman–Crippen MR) is 95.1 cm³/mol. The van der Waals surface area contributed by atoms with Gasteiger partial charge >= 0.3 is 6.03 Å². The molecule has 2 amide bonds. The molecule has 0 unspecified atom stereocenters. The molecule has 24 heavy (non-hydrogen) atoms. The van der Waals surface area contributed by atoms with Crippen molar-refractivity contribution in [3.05, 3.63) is 46.8 Å². The number of thiophene rings is 1. The maximum atomic E-state index is 12.5. The van der Waals surface area contributed by atoms with E-state index in [1.165, 1.54) is 10.4 Å². The van der Waals surface area contributed by atoms with Crippen molar-refractivity contribution in [1.82, 2.24) is 9.21 Å². The highest BCUT2D eigenvalue weighted by Gasteiger charge is 2.31. The van der Waals surface area contributed by atoms with E-state index in [1.807, 2.05) is 18.2 Å². The fourth-order valence-electron chi connectivity index (χ4n) is 2.42. The first-order valence-corrected chi connectivity index (χ1v) is 9.97. The number of rotatable bonds is 3. The van der Waals surface area contributed by atoms with E-state index in [0.29, 0.717) is 23.1 Å². The molecule has 0 saturated carbocycles. The second kappa shape index (κ2) is 7.10. The van der Waals surface area contributed by atoms with Gasteiger partial charge in [-0.3, -0.25) is 0 Å². The molecule has 128 valence electrons. The van der Waals surface area contributed by atoms with Crippen molar-refractivity contribution in [3.63, 3.8) is 0 Å². The average Bonchev–Trinajstić information content (AvgIpc) is 3.03. The maximum Gasteiger partial charge on any atom is 0.321 e. The normalized spacial score (nSPS) is 16.1. The van der Waals surface area contributed by atoms with E-state index in [0.717, 1.165) is 11.3 Å². The molecule has 1 N–H and O–H groups in total. The molecule has 1 aliphatic heterocycles. The second-order valence-corrected chi connectivity index (χ2v) is 9.13. The standard InChI is InChI=1S/C15H16ClN3O3S2/c16-13-6-7-14(23-13)24(21,22)19-10-8-18(9-11-19)15(20)17-12-4-2-1-3-5-12/h1-7H,8-11H2,(H,17,20). The summed E-state index contributed by atoms with van der Waals surface area (Å²) in [4.78, 5) is 13.8. The molecule has 0 bridgehead atoms. The minimum atomic E-state index is -3.54. The number of sulfonamides is 1. The molecule has 1 aliphatic rings. The molecule has 0 radical (unpaired) electrons. The zero-order chi connectivity index (χ0) is 17.2. The molecule has 0 spiro atoms. The van der Waals surface area contributed by atoms with Gasteiger partial charge in [0.15, 0.2) is 0 Å². The Kier molecular flexibility index (Phi) is 5.09. The molecule has 1 fully saturated rings. The summed E-state index contributed by atoms with van der Waals surface area (Å²) in [5.41, 5.74) is 0.714. The van der Waals surface area contributed by atoms with Gasteiger partial charge in [0.1, 0.15) is 4.21 Å². The van der Waals surface area contributed by atoms with Crippen LogP contribution in [-0.4, -0.2) is 49.8 Å². The van der Waals surface area contributed by atoms with Crippen molar-refractivity contribution < 1.29 is 13.2 Å². The number of nitrogens with one attached hydrogen (secondary N) is 1. The van der Waals surface area contributed by atoms with Crippen molar-refractivity contribution in [2.45, 2.75) is 4.21 Å². The number of hydrogen-bond donors (Lipinski definition) is 1. The summed E-state index contributed by atoms with van der Waals surface area (Å²) in [7, 11) is -3.54. The Balaban J connectivity index is 1.60. The van der Waals surface area contributed by atoms with Crippen LogP contribution in [0.2, 0.25) is 4.34 Å². The zero-order valence-electron chi connectivity index (χ0n) is 12.7. The Labute approximate surface area is 149 Å². The maximum absolute atomic E-state index is 12.5. The Morgan fingerprint density at radius 1 is 1.04 bits per heavy atom. The molecular weight excluding hydrogens is 370 g/mol. The lowest BCUT2D eigenvalue weighted by Gasteiger charge is -2.33. The van der Waals surface area contributed by atoms with Crippen LogP contribution in [0.3, 0.4) is 0 Å². The first-order valence-electron chi connectivity index (χ1n) is 7.33. The Bertz CT molecular complexity index is 815. The zero-order valence-corrected chi connectivity index (χ0v) is 15.1. The summed E-state index contributed by atoms with van der Waals surface area (Å²) in [6.45, 7) is 1.22. The van der Waals surface area contributed by atoms with E-state index < -0.39 is 10.0 Å². The number of hydrogen-bond acceptors (Lipinski definition) is 4. The van der Waals surface area contributed by atoms with Gasteiger partial charge in [0.2, 0.25) is 0 Å². The summed E-state index contributed by atoms with van der Waals surface area (Å²) in [5.74, 6) is 0. The Morgan fingerprint density at radius 2 is 1.71 bits per heavy atom. The van der Waals surface area contributed by atoms with Crippen LogP contribution in [0, 0.1) is 0 Å². The van der Waals surface area contributed by atoms with Crippen molar-refractivity contribution in [3.8, 4) is 0 Å². The smallest absolute Gasteiger partial charge is 0.321 e. The summed E-state index contributed by atoms with van der Waals surface area (Å²) < 4.78 is 27.1. The predicted octanol–water partition coefficient (Wildman–Crippen LogP) is 2.94. The monoisotopic (exact) mass is 385 g/mol. The van der Waals surface area contributed by atoms with Crippen LogP contribution in [0.25, 0.3) is 0 Å². The molecule has 0 aliphatic carbocycles. The molecule has 1 saturated heterocycles. The summed E-state index contributed by atoms with van der Waals surface area (Å²) >= 11 is 6.86. The highest BCUT2D eigenvalue weighted by molar-refractivity contribution is 7.91. The fraction of sp³-hybridized carbons (Fsp3) is 0.267.